The molecule has 1 N–H and O–H groups in total. The van der Waals surface area contributed by atoms with Gasteiger partial charge in [0.05, 0.1) is 6.54 Å². The van der Waals surface area contributed by atoms with E-state index in [0.29, 0.717) is 13.0 Å². The summed E-state index contributed by atoms with van der Waals surface area (Å²) >= 11 is 1.62. The first-order chi connectivity index (χ1) is 13.5. The number of carbonyl (C=O) groups is 1. The van der Waals surface area contributed by atoms with Gasteiger partial charge in [-0.25, -0.2) is 0 Å². The van der Waals surface area contributed by atoms with E-state index < -0.39 is 12.6 Å². The average Bonchev–Trinajstić information content (AvgIpc) is 3.24. The normalized spacial score (nSPS) is 22.1. The van der Waals surface area contributed by atoms with Crippen LogP contribution in [0, 0.1) is 5.92 Å². The van der Waals surface area contributed by atoms with Gasteiger partial charge in [0.25, 0.3) is 5.91 Å². The molecule has 7 nitrogen and oxygen atoms in total. The second kappa shape index (κ2) is 11.5. The second-order valence-corrected chi connectivity index (χ2v) is 7.45. The number of thiophene rings is 1. The molecule has 0 saturated carbocycles. The predicted octanol–water partition coefficient (Wildman–Crippen LogP) is 2.57. The second-order valence-electron chi connectivity index (χ2n) is 6.67. The van der Waals surface area contributed by atoms with Crippen molar-refractivity contribution in [2.45, 2.75) is 38.3 Å². The Kier molecular flexibility index (Phi) is 9.40. The molecule has 158 valence electrons. The van der Waals surface area contributed by atoms with Crippen molar-refractivity contribution in [3.05, 3.63) is 34.2 Å². The lowest BCUT2D eigenvalue weighted by atomic mass is 9.81. The van der Waals surface area contributed by atoms with Crippen LogP contribution in [0.15, 0.2) is 28.7 Å². The summed E-state index contributed by atoms with van der Waals surface area (Å²) in [6.07, 6.45) is 2.22. The Bertz CT molecular complexity index is 616. The van der Waals surface area contributed by atoms with Crippen LogP contribution in [-0.2, 0) is 23.7 Å². The molecule has 0 aliphatic carbocycles. The Balaban J connectivity index is 2.28. The summed E-state index contributed by atoms with van der Waals surface area (Å²) < 4.78 is 22.2. The topological polar surface area (TPSA) is 77.5 Å². The minimum absolute atomic E-state index is 0.0175. The lowest BCUT2D eigenvalue weighted by molar-refractivity contribution is -0.172. The highest BCUT2D eigenvalue weighted by Gasteiger charge is 2.38. The van der Waals surface area contributed by atoms with Gasteiger partial charge in [0.1, 0.15) is 0 Å². The predicted molar refractivity (Wildman–Crippen MR) is 107 cm³/mol. The Morgan fingerprint density at radius 3 is 2.71 bits per heavy atom. The smallest absolute Gasteiger partial charge is 0.288 e. The first-order valence-corrected chi connectivity index (χ1v) is 10.4. The molecular formula is C20H31NO6S. The molecule has 1 aliphatic rings. The summed E-state index contributed by atoms with van der Waals surface area (Å²) in [4.78, 5) is 14.5. The number of rotatable bonds is 11. The van der Waals surface area contributed by atoms with E-state index in [0.717, 1.165) is 12.0 Å². The highest BCUT2D eigenvalue weighted by atomic mass is 32.1. The van der Waals surface area contributed by atoms with Crippen LogP contribution in [0.5, 0.6) is 0 Å². The zero-order chi connectivity index (χ0) is 20.5. The van der Waals surface area contributed by atoms with Gasteiger partial charge < -0.3 is 29.0 Å². The molecule has 0 fully saturated rings. The maximum Gasteiger partial charge on any atom is 0.288 e. The molecule has 1 amide bonds. The molecule has 0 spiro atoms. The molecule has 2 heterocycles. The number of aliphatic hydroxyl groups excluding tert-OH is 1. The minimum atomic E-state index is -0.542. The number of aliphatic hydroxyl groups is 1. The van der Waals surface area contributed by atoms with E-state index >= 15 is 0 Å². The number of allylic oxidation sites excluding steroid dienone is 1. The quantitative estimate of drug-likeness (QED) is 0.562. The molecule has 3 atom stereocenters. The fourth-order valence-electron chi connectivity index (χ4n) is 3.34. The standard InChI is InChI=1S/C20H31NO6S/c1-5-26-20-15(7-6-9-22)16(14-8-10-28-13-14)11-17(27-20)19(23)21(2)12-18(24-3)25-4/h8,10-11,13,15-16,18,20,22H,5-7,9,12H2,1-4H3/t15-,16+,20+/m0/s1. The molecule has 1 aromatic rings. The van der Waals surface area contributed by atoms with Gasteiger partial charge in [-0.15, -0.1) is 0 Å². The molecule has 1 aliphatic heterocycles. The maximum absolute atomic E-state index is 13.0. The van der Waals surface area contributed by atoms with Crippen LogP contribution in [0.1, 0.15) is 31.2 Å². The SMILES string of the molecule is CCO[C@@H]1OC(C(=O)N(C)CC(OC)OC)=C[C@H](c2ccsc2)[C@@H]1CCCO. The molecule has 1 aromatic heterocycles. The van der Waals surface area contributed by atoms with Crippen molar-refractivity contribution in [2.24, 2.45) is 5.92 Å². The fraction of sp³-hybridized carbons (Fsp3) is 0.650. The van der Waals surface area contributed by atoms with E-state index in [1.807, 2.05) is 18.4 Å². The van der Waals surface area contributed by atoms with E-state index in [9.17, 15) is 9.90 Å². The molecule has 0 saturated heterocycles. The van der Waals surface area contributed by atoms with Crippen LogP contribution in [0.2, 0.25) is 0 Å². The van der Waals surface area contributed by atoms with Gasteiger partial charge in [0, 0.05) is 46.3 Å². The van der Waals surface area contributed by atoms with Crippen molar-refractivity contribution < 1.29 is 28.8 Å². The van der Waals surface area contributed by atoms with Crippen LogP contribution in [0.25, 0.3) is 0 Å². The average molecular weight is 414 g/mol. The number of likely N-dealkylation sites (N-methyl/N-ethyl adjacent to an activating group) is 1. The van der Waals surface area contributed by atoms with Crippen molar-refractivity contribution in [1.29, 1.82) is 0 Å². The van der Waals surface area contributed by atoms with Gasteiger partial charge in [0.15, 0.2) is 12.0 Å². The number of hydrogen-bond donors (Lipinski definition) is 1. The van der Waals surface area contributed by atoms with Crippen molar-refractivity contribution in [1.82, 2.24) is 4.90 Å². The van der Waals surface area contributed by atoms with Crippen LogP contribution in [0.3, 0.4) is 0 Å². The molecule has 0 aromatic carbocycles. The summed E-state index contributed by atoms with van der Waals surface area (Å²) in [6.45, 7) is 2.77. The number of nitrogens with zero attached hydrogens (tertiary/aromatic N) is 1. The Morgan fingerprint density at radius 1 is 1.39 bits per heavy atom. The fourth-order valence-corrected chi connectivity index (χ4v) is 4.05. The van der Waals surface area contributed by atoms with Gasteiger partial charge in [-0.3, -0.25) is 4.79 Å². The number of methoxy groups -OCH3 is 2. The third-order valence-corrected chi connectivity index (χ3v) is 5.55. The molecule has 0 radical (unpaired) electrons. The molecular weight excluding hydrogens is 382 g/mol. The molecule has 2 rings (SSSR count). The summed E-state index contributed by atoms with van der Waals surface area (Å²) in [5.41, 5.74) is 1.13. The van der Waals surface area contributed by atoms with E-state index in [2.05, 4.69) is 11.4 Å². The van der Waals surface area contributed by atoms with E-state index in [1.54, 1.807) is 18.4 Å². The Hall–Kier alpha value is -1.45. The summed E-state index contributed by atoms with van der Waals surface area (Å²) in [6, 6.07) is 2.06. The first-order valence-electron chi connectivity index (χ1n) is 9.49. The van der Waals surface area contributed by atoms with Gasteiger partial charge >= 0.3 is 0 Å². The monoisotopic (exact) mass is 413 g/mol. The van der Waals surface area contributed by atoms with Crippen molar-refractivity contribution in [2.75, 3.05) is 41.0 Å². The lowest BCUT2D eigenvalue weighted by Gasteiger charge is -2.37. The summed E-state index contributed by atoms with van der Waals surface area (Å²) in [7, 11) is 4.75. The van der Waals surface area contributed by atoms with E-state index in [-0.39, 0.29) is 36.7 Å². The molecule has 28 heavy (non-hydrogen) atoms. The minimum Gasteiger partial charge on any atom is -0.459 e. The van der Waals surface area contributed by atoms with E-state index in [4.69, 9.17) is 18.9 Å². The zero-order valence-electron chi connectivity index (χ0n) is 17.0. The lowest BCUT2D eigenvalue weighted by Crippen LogP contribution is -2.41. The summed E-state index contributed by atoms with van der Waals surface area (Å²) in [5.74, 6) is 0.0262. The Labute approximate surface area is 170 Å². The Morgan fingerprint density at radius 2 is 2.14 bits per heavy atom. The number of amides is 1. The van der Waals surface area contributed by atoms with Gasteiger partial charge in [-0.2, -0.15) is 11.3 Å². The zero-order valence-corrected chi connectivity index (χ0v) is 17.8. The largest absolute Gasteiger partial charge is 0.459 e. The first kappa shape index (κ1) is 22.8. The van der Waals surface area contributed by atoms with Crippen molar-refractivity contribution >= 4 is 17.2 Å². The van der Waals surface area contributed by atoms with Crippen molar-refractivity contribution in [3.63, 3.8) is 0 Å². The van der Waals surface area contributed by atoms with Gasteiger partial charge in [-0.05, 0) is 48.2 Å². The highest BCUT2D eigenvalue weighted by molar-refractivity contribution is 7.08. The molecule has 8 heteroatoms. The molecule has 0 unspecified atom stereocenters. The number of carbonyl (C=O) groups excluding carboxylic acids is 1. The van der Waals surface area contributed by atoms with Crippen LogP contribution >= 0.6 is 11.3 Å². The van der Waals surface area contributed by atoms with Gasteiger partial charge in [-0.1, -0.05) is 0 Å². The maximum atomic E-state index is 13.0. The number of hydrogen-bond acceptors (Lipinski definition) is 7. The van der Waals surface area contributed by atoms with Crippen LogP contribution in [0.4, 0.5) is 0 Å². The van der Waals surface area contributed by atoms with Crippen LogP contribution in [-0.4, -0.2) is 69.5 Å². The molecule has 0 bridgehead atoms. The number of ether oxygens (including phenoxy) is 4. The van der Waals surface area contributed by atoms with E-state index in [1.165, 1.54) is 19.1 Å². The van der Waals surface area contributed by atoms with Crippen LogP contribution < -0.4 is 0 Å². The third kappa shape index (κ3) is 5.78. The van der Waals surface area contributed by atoms with Gasteiger partial charge in [0.2, 0.25) is 6.29 Å². The highest BCUT2D eigenvalue weighted by Crippen LogP contribution is 2.40. The van der Waals surface area contributed by atoms with Crippen molar-refractivity contribution in [3.8, 4) is 0 Å². The summed E-state index contributed by atoms with van der Waals surface area (Å²) in [5, 5.41) is 13.4. The third-order valence-electron chi connectivity index (χ3n) is 4.85.